The van der Waals surface area contributed by atoms with Crippen LogP contribution in [0.2, 0.25) is 0 Å². The molecule has 1 aromatic carbocycles. The number of halogens is 1. The lowest BCUT2D eigenvalue weighted by Gasteiger charge is -2.36. The van der Waals surface area contributed by atoms with Gasteiger partial charge in [0.1, 0.15) is 17.3 Å². The summed E-state index contributed by atoms with van der Waals surface area (Å²) in [7, 11) is 0. The van der Waals surface area contributed by atoms with Crippen molar-refractivity contribution in [1.82, 2.24) is 5.32 Å². The van der Waals surface area contributed by atoms with Crippen molar-refractivity contribution in [2.24, 2.45) is 0 Å². The normalized spacial score (nSPS) is 16.0. The number of amides is 1. The van der Waals surface area contributed by atoms with E-state index in [9.17, 15) is 14.0 Å². The molecule has 2 aromatic rings. The van der Waals surface area contributed by atoms with Gasteiger partial charge in [0.05, 0.1) is 17.5 Å². The van der Waals surface area contributed by atoms with Crippen LogP contribution in [0.3, 0.4) is 0 Å². The fourth-order valence-electron chi connectivity index (χ4n) is 3.31. The maximum Gasteiger partial charge on any atom is 0.305 e. The first-order valence-corrected chi connectivity index (χ1v) is 8.92. The van der Waals surface area contributed by atoms with Crippen molar-refractivity contribution < 1.29 is 28.2 Å². The lowest BCUT2D eigenvalue weighted by molar-refractivity contribution is -0.140. The molecule has 2 N–H and O–H groups in total. The number of nitrogens with one attached hydrogen (secondary N) is 1. The first-order valence-electron chi connectivity index (χ1n) is 8.92. The Morgan fingerprint density at radius 3 is 2.59 bits per heavy atom. The highest BCUT2D eigenvalue weighted by Gasteiger charge is 2.36. The molecule has 144 valence electrons. The van der Waals surface area contributed by atoms with Gasteiger partial charge in [-0.05, 0) is 37.1 Å². The van der Waals surface area contributed by atoms with E-state index in [0.717, 1.165) is 0 Å². The monoisotopic (exact) mass is 375 g/mol. The maximum atomic E-state index is 13.8. The summed E-state index contributed by atoms with van der Waals surface area (Å²) >= 11 is 0. The number of benzene rings is 1. The van der Waals surface area contributed by atoms with E-state index in [1.807, 2.05) is 0 Å². The van der Waals surface area contributed by atoms with Gasteiger partial charge in [0.15, 0.2) is 0 Å². The van der Waals surface area contributed by atoms with Crippen LogP contribution >= 0.6 is 0 Å². The molecule has 27 heavy (non-hydrogen) atoms. The topological polar surface area (TPSA) is 88.8 Å². The summed E-state index contributed by atoms with van der Waals surface area (Å²) in [6, 6.07) is 9.72. The average molecular weight is 375 g/mol. The van der Waals surface area contributed by atoms with Crippen molar-refractivity contribution in [3.8, 4) is 11.3 Å². The second kappa shape index (κ2) is 8.35. The summed E-state index contributed by atoms with van der Waals surface area (Å²) in [6.07, 6.45) is 1.33. The van der Waals surface area contributed by atoms with Crippen molar-refractivity contribution in [2.45, 2.75) is 37.6 Å². The molecule has 1 aliphatic rings. The van der Waals surface area contributed by atoms with Gasteiger partial charge in [-0.1, -0.05) is 12.1 Å². The van der Waals surface area contributed by atoms with Gasteiger partial charge in [-0.3, -0.25) is 9.59 Å². The summed E-state index contributed by atoms with van der Waals surface area (Å²) in [5.74, 6) is -0.566. The fourth-order valence-corrected chi connectivity index (χ4v) is 3.31. The number of rotatable bonds is 7. The summed E-state index contributed by atoms with van der Waals surface area (Å²) in [5.41, 5.74) is -0.390. The van der Waals surface area contributed by atoms with Gasteiger partial charge in [0.2, 0.25) is 5.91 Å². The number of aliphatic carboxylic acids is 1. The summed E-state index contributed by atoms with van der Waals surface area (Å²) in [4.78, 5) is 23.5. The molecule has 1 amide bonds. The molecule has 1 fully saturated rings. The molecule has 0 aliphatic carbocycles. The molecule has 0 saturated carbocycles. The van der Waals surface area contributed by atoms with E-state index in [4.69, 9.17) is 14.3 Å². The Morgan fingerprint density at radius 2 is 1.89 bits per heavy atom. The van der Waals surface area contributed by atoms with Gasteiger partial charge < -0.3 is 19.6 Å². The SMILES string of the molecule is O=C(O)CC1(NC(=O)CCc2ccc(-c3ccccc3F)o2)CCOCC1. The van der Waals surface area contributed by atoms with Gasteiger partial charge in [-0.15, -0.1) is 0 Å². The minimum absolute atomic E-state index is 0.125. The van der Waals surface area contributed by atoms with Crippen LogP contribution in [0.1, 0.15) is 31.4 Å². The first-order chi connectivity index (χ1) is 13.0. The Kier molecular flexibility index (Phi) is 5.91. The molecule has 0 unspecified atom stereocenters. The molecule has 0 atom stereocenters. The van der Waals surface area contributed by atoms with Crippen molar-refractivity contribution in [2.75, 3.05) is 13.2 Å². The minimum atomic E-state index is -0.947. The summed E-state index contributed by atoms with van der Waals surface area (Å²) in [5, 5.41) is 12.0. The zero-order valence-electron chi connectivity index (χ0n) is 14.9. The van der Waals surface area contributed by atoms with E-state index < -0.39 is 11.5 Å². The van der Waals surface area contributed by atoms with Crippen LogP contribution in [-0.2, 0) is 20.7 Å². The average Bonchev–Trinajstić information content (AvgIpc) is 3.09. The predicted molar refractivity (Wildman–Crippen MR) is 95.6 cm³/mol. The Balaban J connectivity index is 1.59. The van der Waals surface area contributed by atoms with E-state index in [1.165, 1.54) is 6.07 Å². The van der Waals surface area contributed by atoms with Crippen molar-refractivity contribution in [3.05, 3.63) is 48.0 Å². The number of carbonyl (C=O) groups excluding carboxylic acids is 1. The molecule has 2 heterocycles. The summed E-state index contributed by atoms with van der Waals surface area (Å²) < 4.78 is 24.8. The molecular formula is C20H22FNO5. The van der Waals surface area contributed by atoms with E-state index in [0.29, 0.717) is 49.6 Å². The highest BCUT2D eigenvalue weighted by Crippen LogP contribution is 2.26. The third kappa shape index (κ3) is 4.95. The molecular weight excluding hydrogens is 353 g/mol. The quantitative estimate of drug-likeness (QED) is 0.776. The predicted octanol–water partition coefficient (Wildman–Crippen LogP) is 3.16. The molecule has 0 radical (unpaired) electrons. The van der Waals surface area contributed by atoms with Crippen LogP contribution in [0, 0.1) is 5.82 Å². The second-order valence-electron chi connectivity index (χ2n) is 6.76. The smallest absolute Gasteiger partial charge is 0.305 e. The number of carbonyl (C=O) groups is 2. The lowest BCUT2D eigenvalue weighted by Crippen LogP contribution is -2.53. The zero-order chi connectivity index (χ0) is 19.3. The van der Waals surface area contributed by atoms with Gasteiger partial charge in [-0.25, -0.2) is 4.39 Å². The molecule has 0 bridgehead atoms. The van der Waals surface area contributed by atoms with Crippen molar-refractivity contribution in [3.63, 3.8) is 0 Å². The fraction of sp³-hybridized carbons (Fsp3) is 0.400. The van der Waals surface area contributed by atoms with Crippen LogP contribution < -0.4 is 5.32 Å². The van der Waals surface area contributed by atoms with Gasteiger partial charge in [0, 0.05) is 26.1 Å². The van der Waals surface area contributed by atoms with E-state index in [2.05, 4.69) is 5.32 Å². The number of carboxylic acids is 1. The van der Waals surface area contributed by atoms with Crippen LogP contribution in [0.4, 0.5) is 4.39 Å². The third-order valence-corrected chi connectivity index (χ3v) is 4.74. The van der Waals surface area contributed by atoms with E-state index in [-0.39, 0.29) is 24.6 Å². The number of aryl methyl sites for hydroxylation is 1. The van der Waals surface area contributed by atoms with Crippen LogP contribution in [0.5, 0.6) is 0 Å². The number of carboxylic acid groups (broad SMARTS) is 1. The number of hydrogen-bond donors (Lipinski definition) is 2. The van der Waals surface area contributed by atoms with Crippen LogP contribution in [0.15, 0.2) is 40.8 Å². The highest BCUT2D eigenvalue weighted by atomic mass is 19.1. The molecule has 1 aromatic heterocycles. The third-order valence-electron chi connectivity index (χ3n) is 4.74. The Labute approximate surface area is 156 Å². The molecule has 0 spiro atoms. The molecule has 3 rings (SSSR count). The number of furan rings is 1. The zero-order valence-corrected chi connectivity index (χ0v) is 14.9. The second-order valence-corrected chi connectivity index (χ2v) is 6.76. The molecule has 1 aliphatic heterocycles. The van der Waals surface area contributed by atoms with Gasteiger partial charge in [-0.2, -0.15) is 0 Å². The largest absolute Gasteiger partial charge is 0.481 e. The first kappa shape index (κ1) is 19.1. The lowest BCUT2D eigenvalue weighted by atomic mass is 9.86. The molecule has 1 saturated heterocycles. The number of ether oxygens (including phenoxy) is 1. The highest BCUT2D eigenvalue weighted by molar-refractivity contribution is 5.78. The molecule has 6 nitrogen and oxygen atoms in total. The standard InChI is InChI=1S/C20H22FNO5/c21-16-4-2-1-3-15(16)17-7-5-14(27-17)6-8-18(23)22-20(13-19(24)25)9-11-26-12-10-20/h1-5,7H,6,8-13H2,(H,22,23)(H,24,25). The van der Waals surface area contributed by atoms with E-state index in [1.54, 1.807) is 30.3 Å². The number of hydrogen-bond acceptors (Lipinski definition) is 4. The van der Waals surface area contributed by atoms with Crippen molar-refractivity contribution >= 4 is 11.9 Å². The van der Waals surface area contributed by atoms with Crippen molar-refractivity contribution in [1.29, 1.82) is 0 Å². The van der Waals surface area contributed by atoms with Crippen LogP contribution in [0.25, 0.3) is 11.3 Å². The Hall–Kier alpha value is -2.67. The summed E-state index contributed by atoms with van der Waals surface area (Å²) in [6.45, 7) is 0.857. The minimum Gasteiger partial charge on any atom is -0.481 e. The Morgan fingerprint density at radius 1 is 1.15 bits per heavy atom. The van der Waals surface area contributed by atoms with Crippen LogP contribution in [-0.4, -0.2) is 35.7 Å². The van der Waals surface area contributed by atoms with E-state index >= 15 is 0 Å². The van der Waals surface area contributed by atoms with Gasteiger partial charge >= 0.3 is 5.97 Å². The maximum absolute atomic E-state index is 13.8. The molecule has 7 heteroatoms. The Bertz CT molecular complexity index is 810. The van der Waals surface area contributed by atoms with Gasteiger partial charge in [0.25, 0.3) is 0 Å².